The lowest BCUT2D eigenvalue weighted by Crippen LogP contribution is -2.27. The first-order valence-corrected chi connectivity index (χ1v) is 6.71. The summed E-state index contributed by atoms with van der Waals surface area (Å²) in [5, 5.41) is 0.391. The molecular formula is C17H13NO4. The number of hydrogen-bond acceptors (Lipinski definition) is 4. The van der Waals surface area contributed by atoms with Crippen LogP contribution in [0.2, 0.25) is 0 Å². The minimum absolute atomic E-state index is 0.0416. The molecule has 3 rings (SSSR count). The topological polar surface area (TPSA) is 68.5 Å². The van der Waals surface area contributed by atoms with Crippen LogP contribution in [0.3, 0.4) is 0 Å². The Bertz CT molecular complexity index is 884. The van der Waals surface area contributed by atoms with E-state index in [9.17, 15) is 9.59 Å². The molecule has 3 aromatic rings. The van der Waals surface area contributed by atoms with E-state index in [4.69, 9.17) is 9.25 Å². The van der Waals surface area contributed by atoms with Crippen LogP contribution in [0.5, 0.6) is 5.75 Å². The molecule has 22 heavy (non-hydrogen) atoms. The van der Waals surface area contributed by atoms with E-state index in [-0.39, 0.29) is 16.9 Å². The lowest BCUT2D eigenvalue weighted by molar-refractivity contribution is -0.125. The van der Waals surface area contributed by atoms with Crippen LogP contribution in [-0.4, -0.2) is 5.91 Å². The monoisotopic (exact) mass is 295 g/mol. The van der Waals surface area contributed by atoms with E-state index < -0.39 is 5.91 Å². The van der Waals surface area contributed by atoms with E-state index in [1.54, 1.807) is 36.4 Å². The Morgan fingerprint density at radius 1 is 1.05 bits per heavy atom. The maximum Gasteiger partial charge on any atom is 0.249 e. The van der Waals surface area contributed by atoms with Crippen molar-refractivity contribution >= 4 is 16.9 Å². The van der Waals surface area contributed by atoms with Crippen LogP contribution >= 0.6 is 0 Å². The zero-order valence-corrected chi connectivity index (χ0v) is 11.8. The molecule has 0 atom stereocenters. The summed E-state index contributed by atoms with van der Waals surface area (Å²) in [4.78, 5) is 28.9. The van der Waals surface area contributed by atoms with Crippen molar-refractivity contribution in [2.45, 2.75) is 6.92 Å². The van der Waals surface area contributed by atoms with Gasteiger partial charge >= 0.3 is 0 Å². The third-order valence-corrected chi connectivity index (χ3v) is 3.09. The van der Waals surface area contributed by atoms with Crippen molar-refractivity contribution in [2.24, 2.45) is 0 Å². The molecule has 0 unspecified atom stereocenters. The first kappa shape index (κ1) is 13.9. The van der Waals surface area contributed by atoms with Gasteiger partial charge in [-0.25, -0.2) is 0 Å². The maximum absolute atomic E-state index is 12.6. The number of nitrogens with one attached hydrogen (secondary N) is 1. The SMILES string of the molecule is CC(=O)NOc1c(-c2ccccc2)oc2ccccc2c1=O. The highest BCUT2D eigenvalue weighted by Crippen LogP contribution is 2.30. The molecule has 1 heterocycles. The van der Waals surface area contributed by atoms with Gasteiger partial charge in [0.15, 0.2) is 5.76 Å². The minimum Gasteiger partial charge on any atom is -0.452 e. The van der Waals surface area contributed by atoms with Crippen molar-refractivity contribution in [1.82, 2.24) is 5.48 Å². The van der Waals surface area contributed by atoms with E-state index in [1.165, 1.54) is 6.92 Å². The zero-order chi connectivity index (χ0) is 15.5. The number of benzene rings is 2. The lowest BCUT2D eigenvalue weighted by Gasteiger charge is -2.10. The molecule has 0 radical (unpaired) electrons. The molecule has 1 aromatic heterocycles. The molecule has 0 aliphatic carbocycles. The quantitative estimate of drug-likeness (QED) is 0.754. The third-order valence-electron chi connectivity index (χ3n) is 3.09. The summed E-state index contributed by atoms with van der Waals surface area (Å²) in [5.74, 6) is -0.176. The predicted octanol–water partition coefficient (Wildman–Crippen LogP) is 2.89. The largest absolute Gasteiger partial charge is 0.452 e. The van der Waals surface area contributed by atoms with Crippen molar-refractivity contribution in [1.29, 1.82) is 0 Å². The predicted molar refractivity (Wildman–Crippen MR) is 82.4 cm³/mol. The number of rotatable bonds is 3. The number of carbonyl (C=O) groups is 1. The Morgan fingerprint density at radius 2 is 1.73 bits per heavy atom. The van der Waals surface area contributed by atoms with Gasteiger partial charge in [0.25, 0.3) is 0 Å². The van der Waals surface area contributed by atoms with Crippen LogP contribution in [0, 0.1) is 0 Å². The fourth-order valence-electron chi connectivity index (χ4n) is 2.12. The number of para-hydroxylation sites is 1. The molecule has 0 saturated carbocycles. The van der Waals surface area contributed by atoms with Crippen molar-refractivity contribution in [2.75, 3.05) is 0 Å². The molecule has 5 nitrogen and oxygen atoms in total. The van der Waals surface area contributed by atoms with Crippen molar-refractivity contribution in [3.05, 3.63) is 64.8 Å². The number of hydroxylamine groups is 1. The summed E-state index contributed by atoms with van der Waals surface area (Å²) in [6, 6.07) is 16.0. The molecule has 1 N–H and O–H groups in total. The summed E-state index contributed by atoms with van der Waals surface area (Å²) >= 11 is 0. The van der Waals surface area contributed by atoms with Crippen molar-refractivity contribution < 1.29 is 14.0 Å². The summed E-state index contributed by atoms with van der Waals surface area (Å²) in [7, 11) is 0. The summed E-state index contributed by atoms with van der Waals surface area (Å²) < 4.78 is 5.82. The van der Waals surface area contributed by atoms with Crippen molar-refractivity contribution in [3.8, 4) is 17.1 Å². The highest BCUT2D eigenvalue weighted by Gasteiger charge is 2.18. The summed E-state index contributed by atoms with van der Waals surface area (Å²) in [6.45, 7) is 1.30. The molecule has 0 aliphatic heterocycles. The average Bonchev–Trinajstić information content (AvgIpc) is 2.54. The van der Waals surface area contributed by atoms with Gasteiger partial charge in [-0.3, -0.25) is 9.59 Å². The first-order chi connectivity index (χ1) is 10.7. The molecule has 0 saturated heterocycles. The molecule has 5 heteroatoms. The molecule has 2 aromatic carbocycles. The van der Waals surface area contributed by atoms with Gasteiger partial charge in [0.05, 0.1) is 5.39 Å². The van der Waals surface area contributed by atoms with Gasteiger partial charge in [0, 0.05) is 12.5 Å². The van der Waals surface area contributed by atoms with E-state index in [0.29, 0.717) is 16.5 Å². The highest BCUT2D eigenvalue weighted by molar-refractivity contribution is 5.82. The second-order valence-electron chi connectivity index (χ2n) is 4.71. The van der Waals surface area contributed by atoms with Crippen LogP contribution in [0.1, 0.15) is 6.92 Å². The normalized spacial score (nSPS) is 10.4. The number of hydrogen-bond donors (Lipinski definition) is 1. The fraction of sp³-hybridized carbons (Fsp3) is 0.0588. The third kappa shape index (κ3) is 2.56. The van der Waals surface area contributed by atoms with Crippen LogP contribution in [0.25, 0.3) is 22.3 Å². The van der Waals surface area contributed by atoms with Gasteiger partial charge in [-0.15, -0.1) is 0 Å². The van der Waals surface area contributed by atoms with Crippen LogP contribution in [0.4, 0.5) is 0 Å². The Labute approximate surface area is 126 Å². The number of fused-ring (bicyclic) bond motifs is 1. The van der Waals surface area contributed by atoms with E-state index in [2.05, 4.69) is 5.48 Å². The Morgan fingerprint density at radius 3 is 2.45 bits per heavy atom. The van der Waals surface area contributed by atoms with E-state index >= 15 is 0 Å². The second kappa shape index (κ2) is 5.73. The molecule has 1 amide bonds. The van der Waals surface area contributed by atoms with Gasteiger partial charge in [-0.1, -0.05) is 42.5 Å². The maximum atomic E-state index is 12.6. The molecule has 0 bridgehead atoms. The van der Waals surface area contributed by atoms with Gasteiger partial charge in [0.1, 0.15) is 5.58 Å². The van der Waals surface area contributed by atoms with Gasteiger partial charge in [-0.05, 0) is 12.1 Å². The molecule has 110 valence electrons. The van der Waals surface area contributed by atoms with Gasteiger partial charge in [-0.2, -0.15) is 5.48 Å². The summed E-state index contributed by atoms with van der Waals surface area (Å²) in [5.41, 5.74) is 2.99. The first-order valence-electron chi connectivity index (χ1n) is 6.71. The smallest absolute Gasteiger partial charge is 0.249 e. The Balaban J connectivity index is 2.26. The van der Waals surface area contributed by atoms with Crippen LogP contribution in [0.15, 0.2) is 63.8 Å². The van der Waals surface area contributed by atoms with E-state index in [0.717, 1.165) is 0 Å². The zero-order valence-electron chi connectivity index (χ0n) is 11.8. The average molecular weight is 295 g/mol. The Hall–Kier alpha value is -3.08. The Kier molecular flexibility index (Phi) is 3.62. The highest BCUT2D eigenvalue weighted by atomic mass is 16.7. The van der Waals surface area contributed by atoms with Crippen LogP contribution < -0.4 is 15.7 Å². The summed E-state index contributed by atoms with van der Waals surface area (Å²) in [6.07, 6.45) is 0. The molecule has 0 aliphatic rings. The van der Waals surface area contributed by atoms with Gasteiger partial charge in [0.2, 0.25) is 17.1 Å². The van der Waals surface area contributed by atoms with Crippen LogP contribution in [-0.2, 0) is 4.79 Å². The molecule has 0 fully saturated rings. The minimum atomic E-state index is -0.411. The molecular weight excluding hydrogens is 282 g/mol. The number of amides is 1. The second-order valence-corrected chi connectivity index (χ2v) is 4.71. The number of carbonyl (C=O) groups excluding carboxylic acids is 1. The molecule has 0 spiro atoms. The van der Waals surface area contributed by atoms with Crippen molar-refractivity contribution in [3.63, 3.8) is 0 Å². The fourth-order valence-corrected chi connectivity index (χ4v) is 2.12. The van der Waals surface area contributed by atoms with E-state index in [1.807, 2.05) is 18.2 Å². The lowest BCUT2D eigenvalue weighted by atomic mass is 10.1. The van der Waals surface area contributed by atoms with Gasteiger partial charge < -0.3 is 9.25 Å². The standard InChI is InChI=1S/C17H13NO4/c1-11(19)18-22-17-15(20)13-9-5-6-10-14(13)21-16(17)12-7-3-2-4-8-12/h2-10H,1H3,(H,18,19).